The molecule has 27 heavy (non-hydrogen) atoms. The van der Waals surface area contributed by atoms with Crippen LogP contribution in [0, 0.1) is 5.92 Å². The normalized spacial score (nSPS) is 15.5. The van der Waals surface area contributed by atoms with Crippen LogP contribution in [-0.4, -0.2) is 29.8 Å². The molecular formula is C20H19N3O4. The van der Waals surface area contributed by atoms with Crippen LogP contribution in [-0.2, 0) is 17.8 Å². The Labute approximate surface area is 156 Å². The van der Waals surface area contributed by atoms with Gasteiger partial charge in [-0.05, 0) is 42.3 Å². The van der Waals surface area contributed by atoms with Gasteiger partial charge in [-0.1, -0.05) is 11.2 Å². The molecule has 0 bridgehead atoms. The zero-order chi connectivity index (χ0) is 18.6. The lowest BCUT2D eigenvalue weighted by atomic mass is 9.96. The number of nitrogens with zero attached hydrogens (tertiary/aromatic N) is 2. The van der Waals surface area contributed by atoms with Crippen molar-refractivity contribution in [3.63, 3.8) is 0 Å². The number of fused-ring (bicyclic) bond motifs is 1. The van der Waals surface area contributed by atoms with Crippen molar-refractivity contribution in [2.24, 2.45) is 5.92 Å². The molecule has 4 rings (SSSR count). The number of amides is 1. The summed E-state index contributed by atoms with van der Waals surface area (Å²) in [6.45, 7) is 0.612. The second-order valence-corrected chi connectivity index (χ2v) is 6.30. The minimum Gasteiger partial charge on any atom is -0.497 e. The third-order valence-electron chi connectivity index (χ3n) is 4.47. The third kappa shape index (κ3) is 3.76. The van der Waals surface area contributed by atoms with Gasteiger partial charge >= 0.3 is 0 Å². The molecule has 0 unspecified atom stereocenters. The molecule has 1 aliphatic heterocycles. The molecule has 1 aromatic carbocycles. The van der Waals surface area contributed by atoms with E-state index in [1.807, 2.05) is 36.4 Å². The van der Waals surface area contributed by atoms with Crippen molar-refractivity contribution in [1.29, 1.82) is 0 Å². The number of rotatable bonds is 5. The molecule has 0 radical (unpaired) electrons. The molecule has 1 N–H and O–H groups in total. The van der Waals surface area contributed by atoms with Gasteiger partial charge in [0.25, 0.3) is 0 Å². The first kappa shape index (κ1) is 17.1. The van der Waals surface area contributed by atoms with Crippen molar-refractivity contribution in [2.75, 3.05) is 13.7 Å². The van der Waals surface area contributed by atoms with Crippen molar-refractivity contribution in [2.45, 2.75) is 13.0 Å². The van der Waals surface area contributed by atoms with Crippen LogP contribution < -0.4 is 14.8 Å². The van der Waals surface area contributed by atoms with Gasteiger partial charge in [0.15, 0.2) is 5.76 Å². The third-order valence-corrected chi connectivity index (χ3v) is 4.47. The van der Waals surface area contributed by atoms with Gasteiger partial charge in [0.05, 0.1) is 25.3 Å². The Morgan fingerprint density at radius 3 is 3.00 bits per heavy atom. The van der Waals surface area contributed by atoms with Gasteiger partial charge in [-0.2, -0.15) is 0 Å². The zero-order valence-corrected chi connectivity index (χ0v) is 14.8. The van der Waals surface area contributed by atoms with Crippen LogP contribution in [0.4, 0.5) is 0 Å². The summed E-state index contributed by atoms with van der Waals surface area (Å²) in [7, 11) is 1.62. The van der Waals surface area contributed by atoms with Crippen molar-refractivity contribution in [3.05, 3.63) is 60.0 Å². The predicted octanol–water partition coefficient (Wildman–Crippen LogP) is 2.61. The summed E-state index contributed by atoms with van der Waals surface area (Å²) in [4.78, 5) is 16.7. The summed E-state index contributed by atoms with van der Waals surface area (Å²) in [5, 5.41) is 6.89. The quantitative estimate of drug-likeness (QED) is 0.748. The van der Waals surface area contributed by atoms with E-state index in [1.54, 1.807) is 19.4 Å². The highest BCUT2D eigenvalue weighted by molar-refractivity contribution is 5.79. The Kier molecular flexibility index (Phi) is 4.74. The number of ether oxygens (including phenoxy) is 2. The monoisotopic (exact) mass is 365 g/mol. The number of nitrogens with one attached hydrogen (secondary N) is 1. The first-order valence-electron chi connectivity index (χ1n) is 8.67. The van der Waals surface area contributed by atoms with Crippen LogP contribution >= 0.6 is 0 Å². The maximum absolute atomic E-state index is 12.5. The summed E-state index contributed by atoms with van der Waals surface area (Å²) in [6.07, 6.45) is 2.30. The highest BCUT2D eigenvalue weighted by Crippen LogP contribution is 2.30. The van der Waals surface area contributed by atoms with Crippen molar-refractivity contribution >= 4 is 5.91 Å². The fourth-order valence-corrected chi connectivity index (χ4v) is 3.02. The summed E-state index contributed by atoms with van der Waals surface area (Å²) in [6, 6.07) is 13.0. The van der Waals surface area contributed by atoms with Gasteiger partial charge < -0.3 is 19.3 Å². The Morgan fingerprint density at radius 1 is 1.26 bits per heavy atom. The number of hydrogen-bond acceptors (Lipinski definition) is 6. The molecule has 1 amide bonds. The molecule has 1 atom stereocenters. The SMILES string of the molecule is COc1ccc2c(c1)C[C@H](C(=O)NCc1cc(-c3ccccn3)no1)CO2. The number of carbonyl (C=O) groups is 1. The lowest BCUT2D eigenvalue weighted by Crippen LogP contribution is -2.37. The largest absolute Gasteiger partial charge is 0.497 e. The van der Waals surface area contributed by atoms with Crippen LogP contribution in [0.5, 0.6) is 11.5 Å². The molecule has 7 heteroatoms. The number of aromatic nitrogens is 2. The van der Waals surface area contributed by atoms with Crippen molar-refractivity contribution < 1.29 is 18.8 Å². The van der Waals surface area contributed by atoms with Gasteiger partial charge in [-0.3, -0.25) is 9.78 Å². The van der Waals surface area contributed by atoms with Gasteiger partial charge in [-0.15, -0.1) is 0 Å². The van der Waals surface area contributed by atoms with E-state index in [0.29, 0.717) is 24.5 Å². The number of benzene rings is 1. The predicted molar refractivity (Wildman–Crippen MR) is 97.3 cm³/mol. The number of methoxy groups -OCH3 is 1. The average molecular weight is 365 g/mol. The lowest BCUT2D eigenvalue weighted by Gasteiger charge is -2.24. The first-order valence-corrected chi connectivity index (χ1v) is 8.67. The smallest absolute Gasteiger partial charge is 0.227 e. The molecule has 0 saturated heterocycles. The average Bonchev–Trinajstić information content (AvgIpc) is 3.21. The Morgan fingerprint density at radius 2 is 2.19 bits per heavy atom. The van der Waals surface area contributed by atoms with Crippen LogP contribution in [0.2, 0.25) is 0 Å². The van der Waals surface area contributed by atoms with E-state index in [9.17, 15) is 4.79 Å². The Hall–Kier alpha value is -3.35. The summed E-state index contributed by atoms with van der Waals surface area (Å²) in [5.41, 5.74) is 2.34. The van der Waals surface area contributed by atoms with E-state index in [2.05, 4.69) is 15.5 Å². The fourth-order valence-electron chi connectivity index (χ4n) is 3.02. The van der Waals surface area contributed by atoms with E-state index in [-0.39, 0.29) is 18.4 Å². The highest BCUT2D eigenvalue weighted by atomic mass is 16.5. The maximum Gasteiger partial charge on any atom is 0.227 e. The second-order valence-electron chi connectivity index (χ2n) is 6.30. The van der Waals surface area contributed by atoms with Crippen LogP contribution in [0.25, 0.3) is 11.4 Å². The zero-order valence-electron chi connectivity index (χ0n) is 14.8. The summed E-state index contributed by atoms with van der Waals surface area (Å²) in [5.74, 6) is 1.78. The fraction of sp³-hybridized carbons (Fsp3) is 0.250. The van der Waals surface area contributed by atoms with Gasteiger partial charge in [0.2, 0.25) is 5.91 Å². The molecule has 138 valence electrons. The molecule has 7 nitrogen and oxygen atoms in total. The minimum absolute atomic E-state index is 0.0840. The molecule has 0 fully saturated rings. The Balaban J connectivity index is 1.37. The molecule has 2 aromatic heterocycles. The van der Waals surface area contributed by atoms with Crippen LogP contribution in [0.15, 0.2) is 53.2 Å². The lowest BCUT2D eigenvalue weighted by molar-refractivity contribution is -0.126. The number of carbonyl (C=O) groups excluding carboxylic acids is 1. The molecule has 3 aromatic rings. The van der Waals surface area contributed by atoms with E-state index in [4.69, 9.17) is 14.0 Å². The van der Waals surface area contributed by atoms with Gasteiger partial charge in [0.1, 0.15) is 23.8 Å². The molecule has 0 spiro atoms. The van der Waals surface area contributed by atoms with E-state index < -0.39 is 0 Å². The highest BCUT2D eigenvalue weighted by Gasteiger charge is 2.26. The van der Waals surface area contributed by atoms with E-state index in [0.717, 1.165) is 22.8 Å². The molecular weight excluding hydrogens is 346 g/mol. The van der Waals surface area contributed by atoms with Crippen molar-refractivity contribution in [3.8, 4) is 22.9 Å². The summed E-state index contributed by atoms with van der Waals surface area (Å²) >= 11 is 0. The van der Waals surface area contributed by atoms with Crippen molar-refractivity contribution in [1.82, 2.24) is 15.5 Å². The number of hydrogen-bond donors (Lipinski definition) is 1. The maximum atomic E-state index is 12.5. The standard InChI is InChI=1S/C20H19N3O4/c1-25-15-5-6-19-13(9-15)8-14(12-26-19)20(24)22-11-16-10-18(23-27-16)17-4-2-3-7-21-17/h2-7,9-10,14H,8,11-12H2,1H3,(H,22,24)/t14-/m0/s1. The molecule has 0 aliphatic carbocycles. The summed E-state index contributed by atoms with van der Waals surface area (Å²) < 4.78 is 16.2. The Bertz CT molecular complexity index is 939. The van der Waals surface area contributed by atoms with Crippen LogP contribution in [0.3, 0.4) is 0 Å². The van der Waals surface area contributed by atoms with E-state index >= 15 is 0 Å². The second kappa shape index (κ2) is 7.49. The number of pyridine rings is 1. The molecule has 3 heterocycles. The minimum atomic E-state index is -0.261. The van der Waals surface area contributed by atoms with Crippen LogP contribution in [0.1, 0.15) is 11.3 Å². The van der Waals surface area contributed by atoms with E-state index in [1.165, 1.54) is 0 Å². The van der Waals surface area contributed by atoms with Gasteiger partial charge in [-0.25, -0.2) is 0 Å². The topological polar surface area (TPSA) is 86.5 Å². The van der Waals surface area contributed by atoms with Gasteiger partial charge in [0, 0.05) is 12.3 Å². The molecule has 1 aliphatic rings. The molecule has 0 saturated carbocycles. The first-order chi connectivity index (χ1) is 13.2.